The summed E-state index contributed by atoms with van der Waals surface area (Å²) in [5.74, 6) is 5.88. The van der Waals surface area contributed by atoms with Crippen LogP contribution in [0, 0.1) is 18.8 Å². The first-order valence-electron chi connectivity index (χ1n) is 7.22. The number of hydrogen-bond donors (Lipinski definition) is 1. The summed E-state index contributed by atoms with van der Waals surface area (Å²) in [6, 6.07) is 5.79. The summed E-state index contributed by atoms with van der Waals surface area (Å²) in [6.45, 7) is 7.94. The lowest BCUT2D eigenvalue weighted by molar-refractivity contribution is 0.0762. The third-order valence-electron chi connectivity index (χ3n) is 3.18. The number of aryl methyl sites for hydroxylation is 1. The van der Waals surface area contributed by atoms with Crippen LogP contribution in [0.1, 0.15) is 48.2 Å². The smallest absolute Gasteiger partial charge is 0.255 e. The molecular formula is C17H24N2O. The number of carbonyl (C=O) groups excluding carboxylic acids is 1. The Hall–Kier alpha value is -1.79. The molecule has 2 N–H and O–H groups in total. The van der Waals surface area contributed by atoms with Crippen molar-refractivity contribution in [2.45, 2.75) is 33.6 Å². The van der Waals surface area contributed by atoms with Gasteiger partial charge in [0.1, 0.15) is 0 Å². The monoisotopic (exact) mass is 272 g/mol. The molecule has 0 aliphatic carbocycles. The van der Waals surface area contributed by atoms with Crippen LogP contribution in [0.2, 0.25) is 0 Å². The average Bonchev–Trinajstić information content (AvgIpc) is 2.46. The van der Waals surface area contributed by atoms with Crippen LogP contribution >= 0.6 is 0 Å². The SMILES string of the molecule is CCCCN(CC)C(=O)c1cc(C)ccc1C#CCN. The van der Waals surface area contributed by atoms with Crippen LogP contribution < -0.4 is 5.73 Å². The highest BCUT2D eigenvalue weighted by molar-refractivity contribution is 5.97. The maximum Gasteiger partial charge on any atom is 0.255 e. The predicted octanol–water partition coefficient (Wildman–Crippen LogP) is 2.57. The van der Waals surface area contributed by atoms with E-state index in [0.717, 1.165) is 37.1 Å². The largest absolute Gasteiger partial charge is 0.339 e. The number of benzene rings is 1. The van der Waals surface area contributed by atoms with E-state index < -0.39 is 0 Å². The van der Waals surface area contributed by atoms with Gasteiger partial charge in [0.25, 0.3) is 5.91 Å². The van der Waals surface area contributed by atoms with Gasteiger partial charge in [0, 0.05) is 18.7 Å². The molecule has 108 valence electrons. The molecule has 20 heavy (non-hydrogen) atoms. The van der Waals surface area contributed by atoms with Gasteiger partial charge in [0.05, 0.1) is 12.1 Å². The van der Waals surface area contributed by atoms with E-state index in [1.165, 1.54) is 0 Å². The van der Waals surface area contributed by atoms with Crippen LogP contribution in [-0.2, 0) is 0 Å². The molecule has 0 spiro atoms. The zero-order valence-electron chi connectivity index (χ0n) is 12.7. The van der Waals surface area contributed by atoms with E-state index in [1.807, 2.05) is 36.9 Å². The van der Waals surface area contributed by atoms with E-state index in [4.69, 9.17) is 5.73 Å². The van der Waals surface area contributed by atoms with Crippen molar-refractivity contribution in [3.05, 3.63) is 34.9 Å². The average molecular weight is 272 g/mol. The van der Waals surface area contributed by atoms with E-state index in [-0.39, 0.29) is 5.91 Å². The molecule has 0 aromatic heterocycles. The molecule has 0 aliphatic heterocycles. The molecule has 1 amide bonds. The minimum atomic E-state index is 0.0611. The molecule has 0 bridgehead atoms. The summed E-state index contributed by atoms with van der Waals surface area (Å²) in [5, 5.41) is 0. The highest BCUT2D eigenvalue weighted by Crippen LogP contribution is 2.14. The van der Waals surface area contributed by atoms with Gasteiger partial charge in [-0.1, -0.05) is 36.8 Å². The summed E-state index contributed by atoms with van der Waals surface area (Å²) in [4.78, 5) is 14.5. The van der Waals surface area contributed by atoms with Crippen molar-refractivity contribution >= 4 is 5.91 Å². The van der Waals surface area contributed by atoms with Crippen molar-refractivity contribution in [3.8, 4) is 11.8 Å². The second-order valence-corrected chi connectivity index (χ2v) is 4.79. The Kier molecular flexibility index (Phi) is 6.83. The fourth-order valence-electron chi connectivity index (χ4n) is 2.01. The molecule has 0 aliphatic rings. The van der Waals surface area contributed by atoms with Crippen molar-refractivity contribution in [1.29, 1.82) is 0 Å². The second-order valence-electron chi connectivity index (χ2n) is 4.79. The molecule has 1 aromatic rings. The number of unbranched alkanes of at least 4 members (excludes halogenated alkanes) is 1. The topological polar surface area (TPSA) is 46.3 Å². The van der Waals surface area contributed by atoms with Crippen LogP contribution in [-0.4, -0.2) is 30.4 Å². The minimum absolute atomic E-state index is 0.0611. The van der Waals surface area contributed by atoms with Crippen LogP contribution in [0.25, 0.3) is 0 Å². The Morgan fingerprint density at radius 1 is 1.35 bits per heavy atom. The van der Waals surface area contributed by atoms with Gasteiger partial charge >= 0.3 is 0 Å². The lowest BCUT2D eigenvalue weighted by atomic mass is 10.0. The molecule has 0 fully saturated rings. The molecule has 3 heteroatoms. The third kappa shape index (κ3) is 4.40. The number of nitrogens with zero attached hydrogens (tertiary/aromatic N) is 1. The Bertz CT molecular complexity index is 511. The van der Waals surface area contributed by atoms with E-state index in [9.17, 15) is 4.79 Å². The zero-order chi connectivity index (χ0) is 15.0. The Balaban J connectivity index is 3.08. The maximum absolute atomic E-state index is 12.6. The third-order valence-corrected chi connectivity index (χ3v) is 3.18. The van der Waals surface area contributed by atoms with Gasteiger partial charge in [-0.15, -0.1) is 0 Å². The first kappa shape index (κ1) is 16.3. The molecular weight excluding hydrogens is 248 g/mol. The van der Waals surface area contributed by atoms with Gasteiger partial charge in [0.2, 0.25) is 0 Å². The fraction of sp³-hybridized carbons (Fsp3) is 0.471. The molecule has 3 nitrogen and oxygen atoms in total. The van der Waals surface area contributed by atoms with E-state index >= 15 is 0 Å². The van der Waals surface area contributed by atoms with Crippen LogP contribution in [0.4, 0.5) is 0 Å². The summed E-state index contributed by atoms with van der Waals surface area (Å²) in [5.41, 5.74) is 7.93. The Morgan fingerprint density at radius 3 is 2.70 bits per heavy atom. The molecule has 0 radical (unpaired) electrons. The normalized spacial score (nSPS) is 9.80. The van der Waals surface area contributed by atoms with Gasteiger partial charge in [-0.2, -0.15) is 0 Å². The number of hydrogen-bond acceptors (Lipinski definition) is 2. The fourth-order valence-corrected chi connectivity index (χ4v) is 2.01. The molecule has 0 atom stereocenters. The van der Waals surface area contributed by atoms with Crippen LogP contribution in [0.5, 0.6) is 0 Å². The van der Waals surface area contributed by atoms with Gasteiger partial charge in [-0.05, 0) is 32.4 Å². The van der Waals surface area contributed by atoms with E-state index in [2.05, 4.69) is 18.8 Å². The molecule has 0 unspecified atom stereocenters. The number of nitrogens with two attached hydrogens (primary N) is 1. The Labute approximate surface area is 122 Å². The Morgan fingerprint density at radius 2 is 2.10 bits per heavy atom. The summed E-state index contributed by atoms with van der Waals surface area (Å²) in [6.07, 6.45) is 2.10. The van der Waals surface area contributed by atoms with E-state index in [1.54, 1.807) is 0 Å². The second kappa shape index (κ2) is 8.39. The van der Waals surface area contributed by atoms with Gasteiger partial charge in [-0.3, -0.25) is 4.79 Å². The predicted molar refractivity (Wildman–Crippen MR) is 83.6 cm³/mol. The van der Waals surface area contributed by atoms with Gasteiger partial charge < -0.3 is 10.6 Å². The van der Waals surface area contributed by atoms with E-state index in [0.29, 0.717) is 12.1 Å². The number of carbonyl (C=O) groups is 1. The molecule has 1 rings (SSSR count). The molecule has 1 aromatic carbocycles. The molecule has 0 saturated heterocycles. The van der Waals surface area contributed by atoms with Crippen molar-refractivity contribution in [1.82, 2.24) is 4.90 Å². The molecule has 0 heterocycles. The number of rotatable bonds is 5. The number of amides is 1. The first-order chi connectivity index (χ1) is 9.63. The zero-order valence-corrected chi connectivity index (χ0v) is 12.7. The standard InChI is InChI=1S/C17H24N2O/c1-4-6-12-19(5-2)17(20)16-13-14(3)9-10-15(16)8-7-11-18/h9-10,13H,4-6,11-12,18H2,1-3H3. The van der Waals surface area contributed by atoms with Crippen LogP contribution in [0.15, 0.2) is 18.2 Å². The summed E-state index contributed by atoms with van der Waals surface area (Å²) < 4.78 is 0. The summed E-state index contributed by atoms with van der Waals surface area (Å²) >= 11 is 0. The highest BCUT2D eigenvalue weighted by Gasteiger charge is 2.16. The van der Waals surface area contributed by atoms with Gasteiger partial charge in [0.15, 0.2) is 0 Å². The first-order valence-corrected chi connectivity index (χ1v) is 7.22. The lowest BCUT2D eigenvalue weighted by Crippen LogP contribution is -2.32. The highest BCUT2D eigenvalue weighted by atomic mass is 16.2. The maximum atomic E-state index is 12.6. The van der Waals surface area contributed by atoms with Crippen molar-refractivity contribution in [2.24, 2.45) is 5.73 Å². The minimum Gasteiger partial charge on any atom is -0.339 e. The summed E-state index contributed by atoms with van der Waals surface area (Å²) in [7, 11) is 0. The van der Waals surface area contributed by atoms with Gasteiger partial charge in [-0.25, -0.2) is 0 Å². The quantitative estimate of drug-likeness (QED) is 0.837. The van der Waals surface area contributed by atoms with Crippen molar-refractivity contribution in [3.63, 3.8) is 0 Å². The van der Waals surface area contributed by atoms with Crippen molar-refractivity contribution in [2.75, 3.05) is 19.6 Å². The van der Waals surface area contributed by atoms with Crippen LogP contribution in [0.3, 0.4) is 0 Å². The molecule has 0 saturated carbocycles. The lowest BCUT2D eigenvalue weighted by Gasteiger charge is -2.21. The van der Waals surface area contributed by atoms with Crippen molar-refractivity contribution < 1.29 is 4.79 Å².